The van der Waals surface area contributed by atoms with Crippen molar-refractivity contribution in [2.75, 3.05) is 59.6 Å². The van der Waals surface area contributed by atoms with Crippen LogP contribution in [0.1, 0.15) is 12.8 Å². The van der Waals surface area contributed by atoms with Crippen LogP contribution < -0.4 is 5.32 Å². The standard InChI is InChI=1S/C12H26N4O3S/c1-14-7-5-9-16(11-10-14)12(17)13-6-4-8-15(2)20(3,18)19/h4-11H2,1-3H3,(H,13,17). The van der Waals surface area contributed by atoms with Crippen molar-refractivity contribution in [3.05, 3.63) is 0 Å². The maximum atomic E-state index is 12.0. The highest BCUT2D eigenvalue weighted by Gasteiger charge is 2.17. The first-order valence-electron chi connectivity index (χ1n) is 6.93. The first kappa shape index (κ1) is 17.2. The van der Waals surface area contributed by atoms with E-state index in [0.717, 1.165) is 32.6 Å². The lowest BCUT2D eigenvalue weighted by Crippen LogP contribution is -2.42. The summed E-state index contributed by atoms with van der Waals surface area (Å²) in [6, 6.07) is -0.0534. The van der Waals surface area contributed by atoms with E-state index in [1.165, 1.54) is 10.6 Å². The monoisotopic (exact) mass is 306 g/mol. The zero-order valence-corrected chi connectivity index (χ0v) is 13.4. The van der Waals surface area contributed by atoms with Crippen molar-refractivity contribution >= 4 is 16.1 Å². The lowest BCUT2D eigenvalue weighted by Gasteiger charge is -2.21. The van der Waals surface area contributed by atoms with Gasteiger partial charge in [-0.2, -0.15) is 0 Å². The Morgan fingerprint density at radius 1 is 1.25 bits per heavy atom. The normalized spacial score (nSPS) is 18.1. The van der Waals surface area contributed by atoms with E-state index in [1.54, 1.807) is 7.05 Å². The molecule has 8 heteroatoms. The number of hydrogen-bond donors (Lipinski definition) is 1. The molecule has 20 heavy (non-hydrogen) atoms. The van der Waals surface area contributed by atoms with E-state index >= 15 is 0 Å². The molecule has 0 aromatic carbocycles. The Kier molecular flexibility index (Phi) is 6.70. The van der Waals surface area contributed by atoms with Crippen LogP contribution in [-0.2, 0) is 10.0 Å². The molecule has 1 aliphatic rings. The summed E-state index contributed by atoms with van der Waals surface area (Å²) in [5, 5.41) is 2.85. The molecular weight excluding hydrogens is 280 g/mol. The van der Waals surface area contributed by atoms with Crippen LogP contribution in [0.15, 0.2) is 0 Å². The minimum absolute atomic E-state index is 0.0534. The van der Waals surface area contributed by atoms with E-state index in [2.05, 4.69) is 17.3 Å². The van der Waals surface area contributed by atoms with E-state index in [9.17, 15) is 13.2 Å². The van der Waals surface area contributed by atoms with E-state index in [0.29, 0.717) is 19.5 Å². The van der Waals surface area contributed by atoms with Crippen LogP contribution in [0.3, 0.4) is 0 Å². The van der Waals surface area contributed by atoms with Crippen LogP contribution in [-0.4, -0.2) is 88.2 Å². The van der Waals surface area contributed by atoms with Crippen LogP contribution in [0.25, 0.3) is 0 Å². The highest BCUT2D eigenvalue weighted by molar-refractivity contribution is 7.88. The highest BCUT2D eigenvalue weighted by Crippen LogP contribution is 2.01. The van der Waals surface area contributed by atoms with Gasteiger partial charge in [-0.15, -0.1) is 0 Å². The van der Waals surface area contributed by atoms with Gasteiger partial charge in [0.15, 0.2) is 0 Å². The fourth-order valence-corrected chi connectivity index (χ4v) is 2.49. The molecule has 1 heterocycles. The summed E-state index contributed by atoms with van der Waals surface area (Å²) < 4.78 is 23.7. The zero-order valence-electron chi connectivity index (χ0n) is 12.6. The van der Waals surface area contributed by atoms with Gasteiger partial charge >= 0.3 is 6.03 Å². The second-order valence-electron chi connectivity index (χ2n) is 5.31. The predicted molar refractivity (Wildman–Crippen MR) is 79.2 cm³/mol. The molecule has 118 valence electrons. The molecule has 1 saturated heterocycles. The number of nitrogens with one attached hydrogen (secondary N) is 1. The van der Waals surface area contributed by atoms with Crippen molar-refractivity contribution in [2.24, 2.45) is 0 Å². The molecule has 0 atom stereocenters. The first-order valence-corrected chi connectivity index (χ1v) is 8.78. The largest absolute Gasteiger partial charge is 0.338 e. The summed E-state index contributed by atoms with van der Waals surface area (Å²) in [6.45, 7) is 4.34. The van der Waals surface area contributed by atoms with Crippen molar-refractivity contribution in [3.8, 4) is 0 Å². The molecule has 0 unspecified atom stereocenters. The minimum atomic E-state index is -3.13. The van der Waals surface area contributed by atoms with Crippen LogP contribution in [0.4, 0.5) is 4.79 Å². The number of urea groups is 1. The number of amides is 2. The van der Waals surface area contributed by atoms with Gasteiger partial charge in [-0.05, 0) is 26.4 Å². The average Bonchev–Trinajstić information content (AvgIpc) is 2.57. The zero-order chi connectivity index (χ0) is 15.2. The van der Waals surface area contributed by atoms with E-state index in [1.807, 2.05) is 4.90 Å². The SMILES string of the molecule is CN1CCCN(C(=O)NCCCN(C)S(C)(=O)=O)CC1. The van der Waals surface area contributed by atoms with Crippen LogP contribution in [0.5, 0.6) is 0 Å². The van der Waals surface area contributed by atoms with Crippen LogP contribution in [0, 0.1) is 0 Å². The Hall–Kier alpha value is -0.860. The number of sulfonamides is 1. The maximum Gasteiger partial charge on any atom is 0.317 e. The molecular formula is C12H26N4O3S. The number of nitrogens with zero attached hydrogens (tertiary/aromatic N) is 3. The number of hydrogen-bond acceptors (Lipinski definition) is 4. The third-order valence-electron chi connectivity index (χ3n) is 3.50. The molecule has 0 aromatic rings. The second-order valence-corrected chi connectivity index (χ2v) is 7.40. The van der Waals surface area contributed by atoms with Crippen molar-refractivity contribution in [2.45, 2.75) is 12.8 Å². The molecule has 0 aromatic heterocycles. The number of rotatable bonds is 5. The topological polar surface area (TPSA) is 73.0 Å². The van der Waals surface area contributed by atoms with Crippen molar-refractivity contribution in [1.82, 2.24) is 19.4 Å². The quantitative estimate of drug-likeness (QED) is 0.703. The van der Waals surface area contributed by atoms with Gasteiger partial charge in [0.05, 0.1) is 6.26 Å². The van der Waals surface area contributed by atoms with Gasteiger partial charge in [0.1, 0.15) is 0 Å². The van der Waals surface area contributed by atoms with Gasteiger partial charge in [-0.25, -0.2) is 17.5 Å². The van der Waals surface area contributed by atoms with Gasteiger partial charge in [-0.3, -0.25) is 0 Å². The molecule has 7 nitrogen and oxygen atoms in total. The molecule has 1 aliphatic heterocycles. The van der Waals surface area contributed by atoms with Gasteiger partial charge < -0.3 is 15.1 Å². The lowest BCUT2D eigenvalue weighted by molar-refractivity contribution is 0.199. The van der Waals surface area contributed by atoms with E-state index < -0.39 is 10.0 Å². The molecule has 1 rings (SSSR count). The summed E-state index contributed by atoms with van der Waals surface area (Å²) in [6.07, 6.45) is 2.78. The van der Waals surface area contributed by atoms with Gasteiger partial charge in [-0.1, -0.05) is 0 Å². The highest BCUT2D eigenvalue weighted by atomic mass is 32.2. The third kappa shape index (κ3) is 6.06. The Morgan fingerprint density at radius 2 is 1.95 bits per heavy atom. The maximum absolute atomic E-state index is 12.0. The number of carbonyl (C=O) groups is 1. The van der Waals surface area contributed by atoms with E-state index in [4.69, 9.17) is 0 Å². The van der Waals surface area contributed by atoms with Crippen molar-refractivity contribution < 1.29 is 13.2 Å². The fourth-order valence-electron chi connectivity index (χ4n) is 2.02. The summed E-state index contributed by atoms with van der Waals surface area (Å²) in [5.74, 6) is 0. The van der Waals surface area contributed by atoms with Gasteiger partial charge in [0.25, 0.3) is 0 Å². The van der Waals surface area contributed by atoms with Gasteiger partial charge in [0, 0.05) is 39.8 Å². The molecule has 0 bridgehead atoms. The smallest absolute Gasteiger partial charge is 0.317 e. The van der Waals surface area contributed by atoms with Crippen LogP contribution >= 0.6 is 0 Å². The summed E-state index contributed by atoms with van der Waals surface area (Å²) >= 11 is 0. The predicted octanol–water partition coefficient (Wildman–Crippen LogP) is -0.385. The van der Waals surface area contributed by atoms with Gasteiger partial charge in [0.2, 0.25) is 10.0 Å². The lowest BCUT2D eigenvalue weighted by atomic mass is 10.4. The molecule has 0 saturated carbocycles. The Balaban J connectivity index is 2.23. The van der Waals surface area contributed by atoms with Crippen molar-refractivity contribution in [3.63, 3.8) is 0 Å². The molecule has 1 fully saturated rings. The first-order chi connectivity index (χ1) is 9.30. The van der Waals surface area contributed by atoms with E-state index in [-0.39, 0.29) is 6.03 Å². The molecule has 2 amide bonds. The Labute approximate surface area is 121 Å². The molecule has 0 radical (unpaired) electrons. The minimum Gasteiger partial charge on any atom is -0.338 e. The van der Waals surface area contributed by atoms with Crippen LogP contribution in [0.2, 0.25) is 0 Å². The van der Waals surface area contributed by atoms with Crippen molar-refractivity contribution in [1.29, 1.82) is 0 Å². The second kappa shape index (κ2) is 7.80. The fraction of sp³-hybridized carbons (Fsp3) is 0.917. The molecule has 0 spiro atoms. The molecule has 0 aliphatic carbocycles. The Bertz CT molecular complexity index is 413. The summed E-state index contributed by atoms with van der Waals surface area (Å²) in [4.78, 5) is 16.0. The summed E-state index contributed by atoms with van der Waals surface area (Å²) in [7, 11) is 0.471. The molecule has 1 N–H and O–H groups in total. The number of likely N-dealkylation sites (N-methyl/N-ethyl adjacent to an activating group) is 1. The summed E-state index contributed by atoms with van der Waals surface area (Å²) in [5.41, 5.74) is 0. The third-order valence-corrected chi connectivity index (χ3v) is 4.81. The number of carbonyl (C=O) groups excluding carboxylic acids is 1. The Morgan fingerprint density at radius 3 is 2.60 bits per heavy atom. The average molecular weight is 306 g/mol.